The van der Waals surface area contributed by atoms with Gasteiger partial charge in [0.2, 0.25) is 0 Å². The Morgan fingerprint density at radius 2 is 1.29 bits per heavy atom. The minimum absolute atomic E-state index is 0.543. The maximum Gasteiger partial charge on any atom is 0.416 e. The van der Waals surface area contributed by atoms with E-state index in [1.165, 1.54) is 17.5 Å². The predicted octanol–water partition coefficient (Wildman–Crippen LogP) is 6.93. The minimum Gasteiger partial charge on any atom is -0.166 e. The number of rotatable bonds is 1. The average Bonchev–Trinajstić information content (AvgIpc) is 2.72. The van der Waals surface area contributed by atoms with E-state index in [1.54, 1.807) is 0 Å². The van der Waals surface area contributed by atoms with Crippen LogP contribution in [0.1, 0.15) is 16.7 Å². The van der Waals surface area contributed by atoms with Gasteiger partial charge in [-0.2, -0.15) is 13.2 Å². The van der Waals surface area contributed by atoms with E-state index in [2.05, 4.69) is 42.2 Å². The van der Waals surface area contributed by atoms with Crippen LogP contribution in [0, 0.1) is 11.8 Å². The fraction of sp³-hybridized carbons (Fsp3) is 0.0400. The Morgan fingerprint density at radius 1 is 0.607 bits per heavy atom. The number of halogens is 3. The molecule has 0 atom stereocenters. The van der Waals surface area contributed by atoms with Crippen molar-refractivity contribution in [1.29, 1.82) is 0 Å². The maximum absolute atomic E-state index is 12.7. The molecule has 0 amide bonds. The van der Waals surface area contributed by atoms with Gasteiger partial charge in [-0.1, -0.05) is 66.4 Å². The molecule has 136 valence electrons. The zero-order chi connectivity index (χ0) is 19.6. The molecule has 3 heteroatoms. The Balaban J connectivity index is 1.70. The average molecular weight is 372 g/mol. The molecule has 0 unspecified atom stereocenters. The summed E-state index contributed by atoms with van der Waals surface area (Å²) in [6.45, 7) is 0. The van der Waals surface area contributed by atoms with Gasteiger partial charge in [-0.15, -0.1) is 0 Å². The molecule has 0 saturated heterocycles. The van der Waals surface area contributed by atoms with Gasteiger partial charge in [0.25, 0.3) is 0 Å². The molecular weight excluding hydrogens is 357 g/mol. The topological polar surface area (TPSA) is 0 Å². The molecular formula is C25H15F3. The highest BCUT2D eigenvalue weighted by Gasteiger charge is 2.29. The SMILES string of the molecule is FC(F)(F)c1ccc(C#Cc2ccccc2-c2ccc3ccccc3c2)cc1. The first kappa shape index (κ1) is 17.9. The summed E-state index contributed by atoms with van der Waals surface area (Å²) in [5.74, 6) is 6.07. The van der Waals surface area contributed by atoms with Crippen LogP contribution < -0.4 is 0 Å². The van der Waals surface area contributed by atoms with Gasteiger partial charge in [0.1, 0.15) is 0 Å². The molecule has 0 bridgehead atoms. The summed E-state index contributed by atoms with van der Waals surface area (Å²) in [6, 6.07) is 27.1. The van der Waals surface area contributed by atoms with Gasteiger partial charge in [-0.05, 0) is 58.3 Å². The van der Waals surface area contributed by atoms with Crippen molar-refractivity contribution in [2.75, 3.05) is 0 Å². The van der Waals surface area contributed by atoms with Gasteiger partial charge in [0.15, 0.2) is 0 Å². The molecule has 0 nitrogen and oxygen atoms in total. The highest BCUT2D eigenvalue weighted by molar-refractivity contribution is 5.88. The van der Waals surface area contributed by atoms with E-state index >= 15 is 0 Å². The summed E-state index contributed by atoms with van der Waals surface area (Å²) in [7, 11) is 0. The molecule has 4 aromatic carbocycles. The molecule has 0 aliphatic heterocycles. The van der Waals surface area contributed by atoms with Crippen LogP contribution in [0.2, 0.25) is 0 Å². The third kappa shape index (κ3) is 3.77. The van der Waals surface area contributed by atoms with Crippen molar-refractivity contribution in [3.05, 3.63) is 108 Å². The Hall–Kier alpha value is -3.51. The van der Waals surface area contributed by atoms with Crippen LogP contribution in [-0.2, 0) is 6.18 Å². The predicted molar refractivity (Wildman–Crippen MR) is 107 cm³/mol. The summed E-state index contributed by atoms with van der Waals surface area (Å²) >= 11 is 0. The first-order chi connectivity index (χ1) is 13.5. The monoisotopic (exact) mass is 372 g/mol. The normalized spacial score (nSPS) is 11.1. The molecule has 4 rings (SSSR count). The van der Waals surface area contributed by atoms with E-state index < -0.39 is 11.7 Å². The van der Waals surface area contributed by atoms with E-state index in [4.69, 9.17) is 0 Å². The van der Waals surface area contributed by atoms with Crippen molar-refractivity contribution >= 4 is 10.8 Å². The van der Waals surface area contributed by atoms with Crippen molar-refractivity contribution in [2.45, 2.75) is 6.18 Å². The molecule has 0 saturated carbocycles. The lowest BCUT2D eigenvalue weighted by atomic mass is 9.97. The lowest BCUT2D eigenvalue weighted by Crippen LogP contribution is -2.04. The van der Waals surface area contributed by atoms with Gasteiger partial charge in [-0.25, -0.2) is 0 Å². The molecule has 28 heavy (non-hydrogen) atoms. The molecule has 4 aromatic rings. The number of hydrogen-bond acceptors (Lipinski definition) is 0. The van der Waals surface area contributed by atoms with Gasteiger partial charge in [0, 0.05) is 11.1 Å². The van der Waals surface area contributed by atoms with E-state index in [0.29, 0.717) is 5.56 Å². The molecule has 0 N–H and O–H groups in total. The van der Waals surface area contributed by atoms with Crippen LogP contribution >= 0.6 is 0 Å². The Morgan fingerprint density at radius 3 is 2.04 bits per heavy atom. The van der Waals surface area contributed by atoms with Gasteiger partial charge >= 0.3 is 6.18 Å². The standard InChI is InChI=1S/C25H15F3/c26-25(27,28)23-15-10-18(11-16-23)9-12-20-6-3-4-8-24(20)22-14-13-19-5-1-2-7-21(19)17-22/h1-8,10-11,13-17H. The van der Waals surface area contributed by atoms with Crippen LogP contribution in [0.4, 0.5) is 13.2 Å². The summed E-state index contributed by atoms with van der Waals surface area (Å²) in [5, 5.41) is 2.31. The molecule has 0 aliphatic rings. The van der Waals surface area contributed by atoms with Crippen molar-refractivity contribution in [3.8, 4) is 23.0 Å². The quantitative estimate of drug-likeness (QED) is 0.318. The van der Waals surface area contributed by atoms with E-state index in [-0.39, 0.29) is 0 Å². The molecule has 0 heterocycles. The largest absolute Gasteiger partial charge is 0.416 e. The molecule has 0 aliphatic carbocycles. The van der Waals surface area contributed by atoms with E-state index in [0.717, 1.165) is 34.2 Å². The Bertz CT molecular complexity index is 1190. The second-order valence-corrected chi connectivity index (χ2v) is 6.43. The van der Waals surface area contributed by atoms with Crippen LogP contribution in [0.25, 0.3) is 21.9 Å². The fourth-order valence-electron chi connectivity index (χ4n) is 3.08. The maximum atomic E-state index is 12.7. The highest BCUT2D eigenvalue weighted by atomic mass is 19.4. The zero-order valence-electron chi connectivity index (χ0n) is 14.8. The Kier molecular flexibility index (Phi) is 4.63. The van der Waals surface area contributed by atoms with Crippen molar-refractivity contribution < 1.29 is 13.2 Å². The molecule has 0 radical (unpaired) electrons. The first-order valence-electron chi connectivity index (χ1n) is 8.78. The van der Waals surface area contributed by atoms with Crippen LogP contribution in [0.5, 0.6) is 0 Å². The number of benzene rings is 4. The van der Waals surface area contributed by atoms with Crippen molar-refractivity contribution in [1.82, 2.24) is 0 Å². The first-order valence-corrected chi connectivity index (χ1v) is 8.78. The van der Waals surface area contributed by atoms with Gasteiger partial charge < -0.3 is 0 Å². The lowest BCUT2D eigenvalue weighted by molar-refractivity contribution is -0.137. The molecule has 0 aromatic heterocycles. The van der Waals surface area contributed by atoms with Crippen LogP contribution in [0.15, 0.2) is 91.0 Å². The molecule has 0 spiro atoms. The number of alkyl halides is 3. The lowest BCUT2D eigenvalue weighted by Gasteiger charge is -2.07. The highest BCUT2D eigenvalue weighted by Crippen LogP contribution is 2.29. The van der Waals surface area contributed by atoms with E-state index in [1.807, 2.05) is 36.4 Å². The third-order valence-electron chi connectivity index (χ3n) is 4.54. The number of fused-ring (bicyclic) bond motifs is 1. The summed E-state index contributed by atoms with van der Waals surface area (Å²) in [5.41, 5.74) is 2.75. The van der Waals surface area contributed by atoms with Crippen molar-refractivity contribution in [3.63, 3.8) is 0 Å². The van der Waals surface area contributed by atoms with Crippen molar-refractivity contribution in [2.24, 2.45) is 0 Å². The Labute approximate surface area is 161 Å². The zero-order valence-corrected chi connectivity index (χ0v) is 14.8. The second kappa shape index (κ2) is 7.25. The minimum atomic E-state index is -4.34. The third-order valence-corrected chi connectivity index (χ3v) is 4.54. The van der Waals surface area contributed by atoms with E-state index in [9.17, 15) is 13.2 Å². The summed E-state index contributed by atoms with van der Waals surface area (Å²) < 4.78 is 38.1. The summed E-state index contributed by atoms with van der Waals surface area (Å²) in [6.07, 6.45) is -4.34. The van der Waals surface area contributed by atoms with Gasteiger partial charge in [-0.3, -0.25) is 0 Å². The number of hydrogen-bond donors (Lipinski definition) is 0. The van der Waals surface area contributed by atoms with Crippen LogP contribution in [0.3, 0.4) is 0 Å². The smallest absolute Gasteiger partial charge is 0.166 e. The summed E-state index contributed by atoms with van der Waals surface area (Å²) in [4.78, 5) is 0. The van der Waals surface area contributed by atoms with Gasteiger partial charge in [0.05, 0.1) is 5.56 Å². The second-order valence-electron chi connectivity index (χ2n) is 6.43. The molecule has 0 fully saturated rings. The fourth-order valence-corrected chi connectivity index (χ4v) is 3.08. The van der Waals surface area contributed by atoms with Crippen LogP contribution in [-0.4, -0.2) is 0 Å².